The molecule has 0 radical (unpaired) electrons. The Bertz CT molecular complexity index is 1000. The van der Waals surface area contributed by atoms with Gasteiger partial charge in [-0.25, -0.2) is 9.18 Å². The molecule has 0 bridgehead atoms. The van der Waals surface area contributed by atoms with E-state index in [-0.39, 0.29) is 12.4 Å². The molecular formula is C21H19FN2O4. The first-order chi connectivity index (χ1) is 13.6. The lowest BCUT2D eigenvalue weighted by Gasteiger charge is -2.26. The van der Waals surface area contributed by atoms with Crippen molar-refractivity contribution < 1.29 is 23.6 Å². The van der Waals surface area contributed by atoms with Crippen molar-refractivity contribution in [2.75, 3.05) is 13.2 Å². The molecule has 1 aromatic heterocycles. The van der Waals surface area contributed by atoms with E-state index in [2.05, 4.69) is 10.1 Å². The third kappa shape index (κ3) is 3.89. The molecule has 0 saturated heterocycles. The highest BCUT2D eigenvalue weighted by molar-refractivity contribution is 5.68. The van der Waals surface area contributed by atoms with E-state index in [1.807, 2.05) is 24.3 Å². The van der Waals surface area contributed by atoms with Gasteiger partial charge in [0.2, 0.25) is 0 Å². The summed E-state index contributed by atoms with van der Waals surface area (Å²) in [6.07, 6.45) is 0.704. The molecule has 0 spiro atoms. The Morgan fingerprint density at radius 1 is 1.25 bits per heavy atom. The van der Waals surface area contributed by atoms with Crippen molar-refractivity contribution in [3.63, 3.8) is 0 Å². The van der Waals surface area contributed by atoms with Crippen LogP contribution >= 0.6 is 0 Å². The maximum atomic E-state index is 13.6. The Hall–Kier alpha value is -3.19. The fourth-order valence-electron chi connectivity index (χ4n) is 3.42. The Labute approximate surface area is 161 Å². The number of hydrogen-bond donors (Lipinski definition) is 1. The van der Waals surface area contributed by atoms with Crippen molar-refractivity contribution in [1.29, 1.82) is 0 Å². The highest BCUT2D eigenvalue weighted by Gasteiger charge is 2.25. The highest BCUT2D eigenvalue weighted by atomic mass is 19.1. The van der Waals surface area contributed by atoms with Crippen LogP contribution in [0.3, 0.4) is 0 Å². The number of carboxylic acid groups (broad SMARTS) is 1. The quantitative estimate of drug-likeness (QED) is 0.703. The number of carbonyl (C=O) groups is 1. The van der Waals surface area contributed by atoms with Crippen molar-refractivity contribution in [3.05, 3.63) is 71.2 Å². The number of hydrogen-bond acceptors (Lipinski definition) is 5. The number of fused-ring (bicyclic) bond motifs is 1. The number of para-hydroxylation sites is 1. The van der Waals surface area contributed by atoms with E-state index >= 15 is 0 Å². The summed E-state index contributed by atoms with van der Waals surface area (Å²) in [4.78, 5) is 13.0. The van der Waals surface area contributed by atoms with Gasteiger partial charge >= 0.3 is 5.97 Å². The van der Waals surface area contributed by atoms with Gasteiger partial charge in [0.05, 0.1) is 0 Å². The monoisotopic (exact) mass is 382 g/mol. The van der Waals surface area contributed by atoms with E-state index in [9.17, 15) is 9.18 Å². The van der Waals surface area contributed by atoms with Gasteiger partial charge in [0.25, 0.3) is 0 Å². The zero-order valence-corrected chi connectivity index (χ0v) is 15.1. The third-order valence-corrected chi connectivity index (χ3v) is 4.72. The first-order valence-electron chi connectivity index (χ1n) is 8.98. The maximum Gasteiger partial charge on any atom is 0.341 e. The molecule has 4 rings (SSSR count). The number of benzene rings is 2. The van der Waals surface area contributed by atoms with Crippen LogP contribution in [0.25, 0.3) is 11.3 Å². The number of halogens is 1. The molecule has 1 aliphatic heterocycles. The molecule has 144 valence electrons. The summed E-state index contributed by atoms with van der Waals surface area (Å²) in [5.74, 6) is 0.0605. The predicted octanol–water partition coefficient (Wildman–Crippen LogP) is 3.50. The number of rotatable bonds is 6. The van der Waals surface area contributed by atoms with Gasteiger partial charge in [-0.2, -0.15) is 0 Å². The summed E-state index contributed by atoms with van der Waals surface area (Å²) in [6.45, 7) is 1.61. The molecule has 0 unspecified atom stereocenters. The van der Waals surface area contributed by atoms with Crippen LogP contribution in [0.15, 0.2) is 53.1 Å². The van der Waals surface area contributed by atoms with Crippen LogP contribution in [0.2, 0.25) is 0 Å². The molecule has 0 atom stereocenters. The standard InChI is InChI=1S/C21H19FN2O4/c22-16-6-3-5-14(10-16)21-17-12-24(9-8-19(17)28-23-21)11-15-4-1-2-7-18(15)27-13-20(25)26/h1-7,10H,8-9,11-13H2,(H,25,26). The molecule has 0 fully saturated rings. The second kappa shape index (κ2) is 7.82. The largest absolute Gasteiger partial charge is 0.482 e. The van der Waals surface area contributed by atoms with Gasteiger partial charge in [0.1, 0.15) is 23.0 Å². The van der Waals surface area contributed by atoms with Crippen LogP contribution in [0.4, 0.5) is 4.39 Å². The van der Waals surface area contributed by atoms with E-state index in [1.165, 1.54) is 12.1 Å². The van der Waals surface area contributed by atoms with E-state index in [4.69, 9.17) is 14.4 Å². The molecule has 3 aromatic rings. The SMILES string of the molecule is O=C(O)COc1ccccc1CN1CCc2onc(-c3cccc(F)c3)c2C1. The summed E-state index contributed by atoms with van der Waals surface area (Å²) in [7, 11) is 0. The van der Waals surface area contributed by atoms with Crippen molar-refractivity contribution in [1.82, 2.24) is 10.1 Å². The van der Waals surface area contributed by atoms with Crippen molar-refractivity contribution >= 4 is 5.97 Å². The van der Waals surface area contributed by atoms with Gasteiger partial charge in [-0.05, 0) is 18.2 Å². The molecule has 28 heavy (non-hydrogen) atoms. The summed E-state index contributed by atoms with van der Waals surface area (Å²) in [6, 6.07) is 13.7. The van der Waals surface area contributed by atoms with Gasteiger partial charge < -0.3 is 14.4 Å². The predicted molar refractivity (Wildman–Crippen MR) is 99.3 cm³/mol. The minimum atomic E-state index is -1.01. The lowest BCUT2D eigenvalue weighted by atomic mass is 10.0. The molecule has 7 heteroatoms. The smallest absolute Gasteiger partial charge is 0.341 e. The van der Waals surface area contributed by atoms with Gasteiger partial charge in [-0.3, -0.25) is 4.90 Å². The Kier molecular flexibility index (Phi) is 5.08. The number of carboxylic acids is 1. The summed E-state index contributed by atoms with van der Waals surface area (Å²) < 4.78 is 24.5. The second-order valence-electron chi connectivity index (χ2n) is 6.69. The fraction of sp³-hybridized carbons (Fsp3) is 0.238. The lowest BCUT2D eigenvalue weighted by Crippen LogP contribution is -2.30. The van der Waals surface area contributed by atoms with Crippen molar-refractivity contribution in [2.24, 2.45) is 0 Å². The third-order valence-electron chi connectivity index (χ3n) is 4.72. The number of nitrogens with zero attached hydrogens (tertiary/aromatic N) is 2. The first-order valence-corrected chi connectivity index (χ1v) is 8.98. The van der Waals surface area contributed by atoms with Crippen LogP contribution in [0.1, 0.15) is 16.9 Å². The lowest BCUT2D eigenvalue weighted by molar-refractivity contribution is -0.139. The van der Waals surface area contributed by atoms with Gasteiger partial charge in [0.15, 0.2) is 6.61 Å². The molecule has 2 heterocycles. The first kappa shape index (κ1) is 18.2. The summed E-state index contributed by atoms with van der Waals surface area (Å²) in [5.41, 5.74) is 3.23. The fourth-order valence-corrected chi connectivity index (χ4v) is 3.42. The minimum Gasteiger partial charge on any atom is -0.482 e. The van der Waals surface area contributed by atoms with E-state index in [0.717, 1.165) is 23.4 Å². The van der Waals surface area contributed by atoms with Crippen LogP contribution < -0.4 is 4.74 Å². The summed E-state index contributed by atoms with van der Waals surface area (Å²) in [5, 5.41) is 13.0. The van der Waals surface area contributed by atoms with Crippen LogP contribution in [-0.2, 0) is 24.3 Å². The van der Waals surface area contributed by atoms with Gasteiger partial charge in [-0.1, -0.05) is 35.5 Å². The molecule has 6 nitrogen and oxygen atoms in total. The molecule has 0 aliphatic carbocycles. The highest BCUT2D eigenvalue weighted by Crippen LogP contribution is 2.31. The Morgan fingerprint density at radius 2 is 2.11 bits per heavy atom. The molecule has 1 N–H and O–H groups in total. The van der Waals surface area contributed by atoms with Gasteiger partial charge in [0, 0.05) is 42.7 Å². The molecular weight excluding hydrogens is 363 g/mol. The average molecular weight is 382 g/mol. The zero-order chi connectivity index (χ0) is 19.5. The molecule has 2 aromatic carbocycles. The number of aromatic nitrogens is 1. The minimum absolute atomic E-state index is 0.313. The second-order valence-corrected chi connectivity index (χ2v) is 6.69. The van der Waals surface area contributed by atoms with E-state index < -0.39 is 5.97 Å². The van der Waals surface area contributed by atoms with E-state index in [0.29, 0.717) is 36.5 Å². The Balaban J connectivity index is 1.54. The van der Waals surface area contributed by atoms with E-state index in [1.54, 1.807) is 12.1 Å². The van der Waals surface area contributed by atoms with Gasteiger partial charge in [-0.15, -0.1) is 0 Å². The zero-order valence-electron chi connectivity index (χ0n) is 15.1. The molecule has 1 aliphatic rings. The van der Waals surface area contributed by atoms with Crippen LogP contribution in [0.5, 0.6) is 5.75 Å². The normalized spacial score (nSPS) is 13.9. The summed E-state index contributed by atoms with van der Waals surface area (Å²) >= 11 is 0. The van der Waals surface area contributed by atoms with Crippen molar-refractivity contribution in [2.45, 2.75) is 19.5 Å². The average Bonchev–Trinajstić information content (AvgIpc) is 3.10. The number of ether oxygens (including phenoxy) is 1. The molecule has 0 saturated carbocycles. The maximum absolute atomic E-state index is 13.6. The molecule has 0 amide bonds. The topological polar surface area (TPSA) is 75.8 Å². The number of aliphatic carboxylic acids is 1. The van der Waals surface area contributed by atoms with Crippen LogP contribution in [-0.4, -0.2) is 34.3 Å². The van der Waals surface area contributed by atoms with Crippen LogP contribution in [0, 0.1) is 5.82 Å². The Morgan fingerprint density at radius 3 is 2.93 bits per heavy atom. The van der Waals surface area contributed by atoms with Crippen molar-refractivity contribution in [3.8, 4) is 17.0 Å².